The van der Waals surface area contributed by atoms with E-state index in [1.807, 2.05) is 33.8 Å². The number of rotatable bonds is 13. The normalized spacial score (nSPS) is 13.8. The second kappa shape index (κ2) is 13.7. The highest BCUT2D eigenvalue weighted by Crippen LogP contribution is 2.34. The van der Waals surface area contributed by atoms with Crippen molar-refractivity contribution in [2.24, 2.45) is 0 Å². The molecule has 2 aromatic carbocycles. The quantitative estimate of drug-likeness (QED) is 0.342. The van der Waals surface area contributed by atoms with Crippen LogP contribution in [0.25, 0.3) is 0 Å². The molecule has 1 heterocycles. The fraction of sp³-hybridized carbons (Fsp3) is 0.517. The van der Waals surface area contributed by atoms with Crippen molar-refractivity contribution in [3.63, 3.8) is 0 Å². The smallest absolute Gasteiger partial charge is 0.422 e. The van der Waals surface area contributed by atoms with Gasteiger partial charge in [0.25, 0.3) is 5.91 Å². The number of amides is 2. The molecule has 0 saturated carbocycles. The van der Waals surface area contributed by atoms with E-state index in [2.05, 4.69) is 16.7 Å². The van der Waals surface area contributed by atoms with E-state index >= 15 is 0 Å². The van der Waals surface area contributed by atoms with Gasteiger partial charge in [-0.2, -0.15) is 13.2 Å². The van der Waals surface area contributed by atoms with Crippen molar-refractivity contribution in [2.45, 2.75) is 71.6 Å². The number of anilines is 1. The van der Waals surface area contributed by atoms with E-state index < -0.39 is 12.8 Å². The van der Waals surface area contributed by atoms with Crippen LogP contribution in [0.4, 0.5) is 18.9 Å². The Labute approximate surface area is 228 Å². The molecule has 0 bridgehead atoms. The number of carbonyl (C=O) groups excluding carboxylic acids is 2. The maximum Gasteiger partial charge on any atom is 0.422 e. The maximum atomic E-state index is 13.1. The largest absolute Gasteiger partial charge is 0.488 e. The second-order valence-electron chi connectivity index (χ2n) is 10.1. The number of fused-ring (bicyclic) bond motifs is 1. The van der Waals surface area contributed by atoms with Crippen molar-refractivity contribution >= 4 is 17.5 Å². The predicted octanol–water partition coefficient (Wildman–Crippen LogP) is 5.05. The zero-order valence-corrected chi connectivity index (χ0v) is 23.0. The molecular formula is C29H38F3N3O4. The second-order valence-corrected chi connectivity index (χ2v) is 10.1. The predicted molar refractivity (Wildman–Crippen MR) is 145 cm³/mol. The molecule has 7 nitrogen and oxygen atoms in total. The number of carbonyl (C=O) groups is 2. The van der Waals surface area contributed by atoms with Gasteiger partial charge in [0.2, 0.25) is 5.91 Å². The Morgan fingerprint density at radius 1 is 1.08 bits per heavy atom. The van der Waals surface area contributed by atoms with Gasteiger partial charge < -0.3 is 25.0 Å². The lowest BCUT2D eigenvalue weighted by atomic mass is 9.97. The van der Waals surface area contributed by atoms with Crippen LogP contribution in [0.2, 0.25) is 0 Å². The van der Waals surface area contributed by atoms with Crippen LogP contribution in [0.1, 0.15) is 62.0 Å². The molecule has 0 radical (unpaired) electrons. The molecule has 214 valence electrons. The Hall–Kier alpha value is -3.27. The van der Waals surface area contributed by atoms with Gasteiger partial charge >= 0.3 is 6.18 Å². The summed E-state index contributed by atoms with van der Waals surface area (Å²) in [5, 5.41) is 6.32. The molecule has 39 heavy (non-hydrogen) atoms. The van der Waals surface area contributed by atoms with E-state index in [-0.39, 0.29) is 42.0 Å². The molecule has 0 fully saturated rings. The lowest BCUT2D eigenvalue weighted by Gasteiger charge is -2.22. The summed E-state index contributed by atoms with van der Waals surface area (Å²) in [4.78, 5) is 27.6. The Balaban J connectivity index is 1.63. The fourth-order valence-corrected chi connectivity index (χ4v) is 4.58. The van der Waals surface area contributed by atoms with Gasteiger partial charge in [-0.25, -0.2) is 0 Å². The minimum Gasteiger partial charge on any atom is -0.488 e. The zero-order chi connectivity index (χ0) is 28.6. The van der Waals surface area contributed by atoms with Crippen molar-refractivity contribution in [2.75, 3.05) is 31.2 Å². The van der Waals surface area contributed by atoms with E-state index in [1.54, 1.807) is 23.1 Å². The number of halogens is 3. The zero-order valence-electron chi connectivity index (χ0n) is 23.0. The molecule has 0 spiro atoms. The molecule has 0 saturated heterocycles. The first-order chi connectivity index (χ1) is 18.5. The van der Waals surface area contributed by atoms with Gasteiger partial charge in [-0.1, -0.05) is 25.1 Å². The first kappa shape index (κ1) is 30.3. The molecule has 2 N–H and O–H groups in total. The molecule has 2 amide bonds. The van der Waals surface area contributed by atoms with Crippen LogP contribution in [0.5, 0.6) is 11.5 Å². The summed E-state index contributed by atoms with van der Waals surface area (Å²) in [6.07, 6.45) is -1.90. The molecule has 1 unspecified atom stereocenters. The molecule has 0 aliphatic carbocycles. The van der Waals surface area contributed by atoms with Crippen molar-refractivity contribution < 1.29 is 32.2 Å². The summed E-state index contributed by atoms with van der Waals surface area (Å²) in [6, 6.07) is 10.2. The van der Waals surface area contributed by atoms with Gasteiger partial charge in [-0.05, 0) is 69.4 Å². The molecule has 1 aliphatic heterocycles. The third kappa shape index (κ3) is 8.88. The Morgan fingerprint density at radius 2 is 1.77 bits per heavy atom. The fourth-order valence-electron chi connectivity index (χ4n) is 4.58. The van der Waals surface area contributed by atoms with Gasteiger partial charge in [-0.3, -0.25) is 9.59 Å². The van der Waals surface area contributed by atoms with Gasteiger partial charge in [-0.15, -0.1) is 0 Å². The highest BCUT2D eigenvalue weighted by atomic mass is 19.4. The summed E-state index contributed by atoms with van der Waals surface area (Å²) in [5.41, 5.74) is 3.22. The average molecular weight is 550 g/mol. The number of hydrogen-bond acceptors (Lipinski definition) is 5. The number of para-hydroxylation sites is 2. The Morgan fingerprint density at radius 3 is 2.41 bits per heavy atom. The van der Waals surface area contributed by atoms with E-state index in [1.165, 1.54) is 6.07 Å². The molecule has 0 aromatic heterocycles. The van der Waals surface area contributed by atoms with Crippen LogP contribution in [-0.2, 0) is 17.6 Å². The lowest BCUT2D eigenvalue weighted by Crippen LogP contribution is -2.34. The topological polar surface area (TPSA) is 79.9 Å². The number of ether oxygens (including phenoxy) is 2. The van der Waals surface area contributed by atoms with E-state index in [4.69, 9.17) is 9.47 Å². The lowest BCUT2D eigenvalue weighted by molar-refractivity contribution is -0.153. The van der Waals surface area contributed by atoms with E-state index in [0.717, 1.165) is 23.2 Å². The number of benzene rings is 2. The average Bonchev–Trinajstić information content (AvgIpc) is 3.29. The summed E-state index contributed by atoms with van der Waals surface area (Å²) in [7, 11) is 0. The number of nitrogens with zero attached hydrogens (tertiary/aromatic N) is 1. The van der Waals surface area contributed by atoms with Crippen molar-refractivity contribution in [1.82, 2.24) is 10.6 Å². The summed E-state index contributed by atoms with van der Waals surface area (Å²) in [6.45, 7) is 7.65. The maximum absolute atomic E-state index is 13.1. The van der Waals surface area contributed by atoms with E-state index in [9.17, 15) is 22.8 Å². The Bertz CT molecular complexity index is 1140. The standard InChI is InChI=1S/C29H38F3N3O4/c1-5-8-26(36)35-13-11-22-16-21(17-23(27(22)35)28(37)34-19(2)3)15-20(4)33-12-14-38-24-9-6-7-10-25(24)39-18-29(30,31)32/h6-7,9-10,16-17,19-20,33H,5,8,11-15,18H2,1-4H3,(H,34,37). The van der Waals surface area contributed by atoms with Crippen LogP contribution in [0.3, 0.4) is 0 Å². The number of nitrogens with one attached hydrogen (secondary N) is 2. The minimum absolute atomic E-state index is 0.0306. The van der Waals surface area contributed by atoms with Gasteiger partial charge in [0.15, 0.2) is 18.1 Å². The van der Waals surface area contributed by atoms with Crippen LogP contribution < -0.4 is 25.0 Å². The SMILES string of the molecule is CCCC(=O)N1CCc2cc(CC(C)NCCOc3ccccc3OCC(F)(F)F)cc(C(=O)NC(C)C)c21. The highest BCUT2D eigenvalue weighted by Gasteiger charge is 2.31. The molecule has 1 atom stereocenters. The summed E-state index contributed by atoms with van der Waals surface area (Å²) in [5.74, 6) is 0.125. The summed E-state index contributed by atoms with van der Waals surface area (Å²) >= 11 is 0. The molecule has 1 aliphatic rings. The monoisotopic (exact) mass is 549 g/mol. The molecule has 10 heteroatoms. The first-order valence-corrected chi connectivity index (χ1v) is 13.4. The molecule has 2 aromatic rings. The van der Waals surface area contributed by atoms with Crippen molar-refractivity contribution in [1.29, 1.82) is 0 Å². The van der Waals surface area contributed by atoms with Crippen LogP contribution in [0.15, 0.2) is 36.4 Å². The molecular weight excluding hydrogens is 511 g/mol. The highest BCUT2D eigenvalue weighted by molar-refractivity contribution is 6.06. The van der Waals surface area contributed by atoms with Crippen molar-refractivity contribution in [3.8, 4) is 11.5 Å². The summed E-state index contributed by atoms with van der Waals surface area (Å²) < 4.78 is 48.1. The van der Waals surface area contributed by atoms with Crippen molar-refractivity contribution in [3.05, 3.63) is 53.1 Å². The number of hydrogen-bond donors (Lipinski definition) is 2. The minimum atomic E-state index is -4.43. The van der Waals surface area contributed by atoms with Crippen LogP contribution in [0, 0.1) is 0 Å². The van der Waals surface area contributed by atoms with Gasteiger partial charge in [0.05, 0.1) is 11.3 Å². The van der Waals surface area contributed by atoms with Gasteiger partial charge in [0.1, 0.15) is 6.61 Å². The third-order valence-corrected chi connectivity index (χ3v) is 6.19. The van der Waals surface area contributed by atoms with Crippen LogP contribution >= 0.6 is 0 Å². The third-order valence-electron chi connectivity index (χ3n) is 6.19. The van der Waals surface area contributed by atoms with E-state index in [0.29, 0.717) is 37.9 Å². The number of alkyl halides is 3. The van der Waals surface area contributed by atoms with Crippen LogP contribution in [-0.4, -0.2) is 56.4 Å². The first-order valence-electron chi connectivity index (χ1n) is 13.4. The Kier molecular flexibility index (Phi) is 10.6. The van der Waals surface area contributed by atoms with Gasteiger partial charge in [0, 0.05) is 31.6 Å². The molecule has 3 rings (SSSR count).